The van der Waals surface area contributed by atoms with Crippen LogP contribution in [0.4, 0.5) is 0 Å². The van der Waals surface area contributed by atoms with E-state index in [9.17, 15) is 4.79 Å². The summed E-state index contributed by atoms with van der Waals surface area (Å²) in [5, 5.41) is 2.95. The summed E-state index contributed by atoms with van der Waals surface area (Å²) < 4.78 is 5.46. The number of thioether (sulfide) groups is 1. The maximum Gasteiger partial charge on any atom is 0.230 e. The summed E-state index contributed by atoms with van der Waals surface area (Å²) in [6.45, 7) is 2.58. The van der Waals surface area contributed by atoms with Crippen molar-refractivity contribution >= 4 is 29.0 Å². The number of carbonyl (C=O) groups excluding carboxylic acids is 1. The van der Waals surface area contributed by atoms with Crippen molar-refractivity contribution < 1.29 is 9.53 Å². The van der Waals surface area contributed by atoms with Crippen LogP contribution in [0.15, 0.2) is 42.5 Å². The van der Waals surface area contributed by atoms with Crippen LogP contribution in [0.5, 0.6) is 0 Å². The molecule has 0 saturated heterocycles. The molecule has 0 fully saturated rings. The molecule has 3 nitrogen and oxygen atoms in total. The van der Waals surface area contributed by atoms with Crippen LogP contribution >= 0.6 is 23.1 Å². The molecule has 0 spiro atoms. The molecule has 5 heteroatoms. The normalized spacial score (nSPS) is 12.1. The standard InChI is InChI=1S/C17H21NO2S2/c1-13-8-9-16(22-13)15(20-2)10-18-17(19)12-21-11-14-6-4-3-5-7-14/h3-9,15H,10-12H2,1-2H3,(H,18,19). The average molecular weight is 335 g/mol. The number of amides is 1. The van der Waals surface area contributed by atoms with Gasteiger partial charge in [0, 0.05) is 29.2 Å². The number of benzene rings is 1. The zero-order valence-electron chi connectivity index (χ0n) is 12.9. The highest BCUT2D eigenvalue weighted by Crippen LogP contribution is 2.24. The number of rotatable bonds is 8. The molecule has 1 amide bonds. The maximum absolute atomic E-state index is 11.9. The third-order valence-corrected chi connectivity index (χ3v) is 5.29. The summed E-state index contributed by atoms with van der Waals surface area (Å²) in [7, 11) is 1.68. The number of carbonyl (C=O) groups is 1. The summed E-state index contributed by atoms with van der Waals surface area (Å²) in [6.07, 6.45) is -0.0678. The lowest BCUT2D eigenvalue weighted by Gasteiger charge is -2.14. The molecule has 22 heavy (non-hydrogen) atoms. The molecule has 1 unspecified atom stereocenters. The molecule has 2 aromatic rings. The van der Waals surface area contributed by atoms with E-state index in [1.54, 1.807) is 30.2 Å². The zero-order valence-corrected chi connectivity index (χ0v) is 14.5. The van der Waals surface area contributed by atoms with Crippen LogP contribution in [0, 0.1) is 6.92 Å². The lowest BCUT2D eigenvalue weighted by Crippen LogP contribution is -2.30. The first-order valence-corrected chi connectivity index (χ1v) is 9.13. The average Bonchev–Trinajstić information content (AvgIpc) is 2.95. The first-order valence-electron chi connectivity index (χ1n) is 7.16. The van der Waals surface area contributed by atoms with Gasteiger partial charge in [-0.2, -0.15) is 0 Å². The van der Waals surface area contributed by atoms with Crippen molar-refractivity contribution in [2.75, 3.05) is 19.4 Å². The molecule has 1 aromatic heterocycles. The van der Waals surface area contributed by atoms with E-state index in [4.69, 9.17) is 4.74 Å². The first kappa shape index (κ1) is 17.1. The molecular weight excluding hydrogens is 314 g/mol. The highest BCUT2D eigenvalue weighted by atomic mass is 32.2. The fraction of sp³-hybridized carbons (Fsp3) is 0.353. The minimum atomic E-state index is -0.0678. The topological polar surface area (TPSA) is 38.3 Å². The second-order valence-electron chi connectivity index (χ2n) is 4.96. The number of thiophene rings is 1. The second-order valence-corrected chi connectivity index (χ2v) is 7.26. The van der Waals surface area contributed by atoms with Crippen LogP contribution in [0.2, 0.25) is 0 Å². The Morgan fingerprint density at radius 2 is 2.05 bits per heavy atom. The van der Waals surface area contributed by atoms with E-state index in [0.717, 1.165) is 10.6 Å². The fourth-order valence-electron chi connectivity index (χ4n) is 2.02. The number of nitrogens with one attached hydrogen (secondary N) is 1. The number of methoxy groups -OCH3 is 1. The van der Waals surface area contributed by atoms with Crippen molar-refractivity contribution in [3.8, 4) is 0 Å². The van der Waals surface area contributed by atoms with Gasteiger partial charge in [-0.1, -0.05) is 30.3 Å². The van der Waals surface area contributed by atoms with Gasteiger partial charge in [-0.05, 0) is 24.6 Å². The van der Waals surface area contributed by atoms with E-state index in [2.05, 4.69) is 36.5 Å². The molecule has 0 aliphatic rings. The first-order chi connectivity index (χ1) is 10.7. The molecule has 0 radical (unpaired) electrons. The number of hydrogen-bond donors (Lipinski definition) is 1. The van der Waals surface area contributed by atoms with Crippen molar-refractivity contribution in [3.05, 3.63) is 57.8 Å². The highest BCUT2D eigenvalue weighted by Gasteiger charge is 2.13. The second kappa shape index (κ2) is 8.98. The Morgan fingerprint density at radius 1 is 1.27 bits per heavy atom. The lowest BCUT2D eigenvalue weighted by atomic mass is 10.2. The Morgan fingerprint density at radius 3 is 2.68 bits per heavy atom. The van der Waals surface area contributed by atoms with Crippen LogP contribution in [-0.4, -0.2) is 25.3 Å². The van der Waals surface area contributed by atoms with Crippen molar-refractivity contribution in [1.29, 1.82) is 0 Å². The Kier molecular flexibility index (Phi) is 6.96. The van der Waals surface area contributed by atoms with Crippen LogP contribution in [-0.2, 0) is 15.3 Å². The van der Waals surface area contributed by atoms with Gasteiger partial charge in [0.25, 0.3) is 0 Å². The highest BCUT2D eigenvalue weighted by molar-refractivity contribution is 7.99. The molecule has 0 bridgehead atoms. The monoisotopic (exact) mass is 335 g/mol. The Hall–Kier alpha value is -1.30. The van der Waals surface area contributed by atoms with Gasteiger partial charge < -0.3 is 10.1 Å². The molecule has 1 heterocycles. The Labute approximate surface area is 140 Å². The smallest absolute Gasteiger partial charge is 0.230 e. The SMILES string of the molecule is COC(CNC(=O)CSCc1ccccc1)c1ccc(C)s1. The maximum atomic E-state index is 11.9. The minimum Gasteiger partial charge on any atom is -0.374 e. The predicted octanol–water partition coefficient (Wildman–Crippen LogP) is 3.79. The van der Waals surface area contributed by atoms with Crippen molar-refractivity contribution in [2.24, 2.45) is 0 Å². The third kappa shape index (κ3) is 5.48. The van der Waals surface area contributed by atoms with E-state index in [1.165, 1.54) is 10.4 Å². The molecule has 1 atom stereocenters. The summed E-state index contributed by atoms with van der Waals surface area (Å²) in [4.78, 5) is 14.3. The molecule has 1 N–H and O–H groups in total. The fourth-order valence-corrected chi connectivity index (χ4v) is 3.79. The van der Waals surface area contributed by atoms with Crippen LogP contribution < -0.4 is 5.32 Å². The van der Waals surface area contributed by atoms with Gasteiger partial charge in [-0.3, -0.25) is 4.79 Å². The predicted molar refractivity (Wildman–Crippen MR) is 94.4 cm³/mol. The van der Waals surface area contributed by atoms with Crippen molar-refractivity contribution in [2.45, 2.75) is 18.8 Å². The van der Waals surface area contributed by atoms with Gasteiger partial charge in [0.1, 0.15) is 6.10 Å². The molecule has 0 saturated carbocycles. The molecular formula is C17H21NO2S2. The molecule has 1 aromatic carbocycles. The van der Waals surface area contributed by atoms with Gasteiger partial charge in [0.15, 0.2) is 0 Å². The zero-order chi connectivity index (χ0) is 15.8. The van der Waals surface area contributed by atoms with Gasteiger partial charge in [0.2, 0.25) is 5.91 Å². The van der Waals surface area contributed by atoms with E-state index >= 15 is 0 Å². The van der Waals surface area contributed by atoms with Gasteiger partial charge in [0.05, 0.1) is 5.75 Å². The lowest BCUT2D eigenvalue weighted by molar-refractivity contribution is -0.119. The quantitative estimate of drug-likeness (QED) is 0.797. The summed E-state index contributed by atoms with van der Waals surface area (Å²) in [6, 6.07) is 14.3. The number of ether oxygens (including phenoxy) is 1. The molecule has 2 rings (SSSR count). The largest absolute Gasteiger partial charge is 0.374 e. The molecule has 0 aliphatic carbocycles. The minimum absolute atomic E-state index is 0.0521. The van der Waals surface area contributed by atoms with Crippen LogP contribution in [0.25, 0.3) is 0 Å². The van der Waals surface area contributed by atoms with E-state index < -0.39 is 0 Å². The Bertz CT molecular complexity index is 583. The molecule has 0 aliphatic heterocycles. The van der Waals surface area contributed by atoms with E-state index in [1.807, 2.05) is 18.2 Å². The van der Waals surface area contributed by atoms with Crippen molar-refractivity contribution in [3.63, 3.8) is 0 Å². The van der Waals surface area contributed by atoms with Gasteiger partial charge in [-0.25, -0.2) is 0 Å². The van der Waals surface area contributed by atoms with Gasteiger partial charge in [-0.15, -0.1) is 23.1 Å². The number of aryl methyl sites for hydroxylation is 1. The van der Waals surface area contributed by atoms with Crippen LogP contribution in [0.3, 0.4) is 0 Å². The van der Waals surface area contributed by atoms with Crippen molar-refractivity contribution in [1.82, 2.24) is 5.32 Å². The molecule has 118 valence electrons. The summed E-state index contributed by atoms with van der Waals surface area (Å²) in [5.74, 6) is 1.37. The number of hydrogen-bond acceptors (Lipinski definition) is 4. The summed E-state index contributed by atoms with van der Waals surface area (Å²) >= 11 is 3.33. The van der Waals surface area contributed by atoms with E-state index in [-0.39, 0.29) is 12.0 Å². The Balaban J connectivity index is 1.70. The van der Waals surface area contributed by atoms with Gasteiger partial charge >= 0.3 is 0 Å². The third-order valence-electron chi connectivity index (χ3n) is 3.19. The van der Waals surface area contributed by atoms with Crippen LogP contribution in [0.1, 0.15) is 21.4 Å². The summed E-state index contributed by atoms with van der Waals surface area (Å²) in [5.41, 5.74) is 1.24. The van der Waals surface area contributed by atoms with E-state index in [0.29, 0.717) is 12.3 Å².